The zero-order valence-electron chi connectivity index (χ0n) is 11.4. The van der Waals surface area contributed by atoms with Crippen molar-refractivity contribution in [2.75, 3.05) is 12.3 Å². The van der Waals surface area contributed by atoms with Crippen LogP contribution in [0.3, 0.4) is 0 Å². The van der Waals surface area contributed by atoms with Gasteiger partial charge in [0.2, 0.25) is 0 Å². The van der Waals surface area contributed by atoms with Gasteiger partial charge in [0.15, 0.2) is 0 Å². The van der Waals surface area contributed by atoms with Gasteiger partial charge >= 0.3 is 0 Å². The third kappa shape index (κ3) is 5.53. The fourth-order valence-corrected chi connectivity index (χ4v) is 3.47. The molecule has 1 aromatic carbocycles. The maximum absolute atomic E-state index is 5.85. The molecule has 3 atom stereocenters. The molecule has 18 heavy (non-hydrogen) atoms. The highest BCUT2D eigenvalue weighted by Crippen LogP contribution is 2.14. The van der Waals surface area contributed by atoms with Crippen molar-refractivity contribution in [1.82, 2.24) is 0 Å². The summed E-state index contributed by atoms with van der Waals surface area (Å²) in [7, 11) is -0.477. The van der Waals surface area contributed by atoms with E-state index in [4.69, 9.17) is 20.9 Å². The minimum absolute atomic E-state index is 0.122. The Balaban J connectivity index is 2.36. The Labute approximate surface area is 111 Å². The monoisotopic (exact) mass is 268 g/mol. The predicted octanol–water partition coefficient (Wildman–Crippen LogP) is 0.872. The van der Waals surface area contributed by atoms with E-state index >= 15 is 0 Å². The van der Waals surface area contributed by atoms with E-state index in [0.29, 0.717) is 6.54 Å². The lowest BCUT2D eigenvalue weighted by molar-refractivity contribution is 0.0531. The Hall–Kier alpha value is -1.04. The summed E-state index contributed by atoms with van der Waals surface area (Å²) in [6.45, 7) is 6.75. The molecule has 0 aliphatic carbocycles. The third-order valence-electron chi connectivity index (χ3n) is 2.68. The van der Waals surface area contributed by atoms with E-state index < -0.39 is 9.52 Å². The molecule has 5 heteroatoms. The summed E-state index contributed by atoms with van der Waals surface area (Å²) in [4.78, 5) is 0. The fourth-order valence-electron chi connectivity index (χ4n) is 1.80. The third-order valence-corrected chi connectivity index (χ3v) is 4.36. The Morgan fingerprint density at radius 2 is 1.72 bits per heavy atom. The van der Waals surface area contributed by atoms with Crippen LogP contribution in [0, 0.1) is 0 Å². The van der Waals surface area contributed by atoms with E-state index in [0.717, 1.165) is 11.4 Å². The van der Waals surface area contributed by atoms with Crippen molar-refractivity contribution in [3.8, 4) is 5.75 Å². The minimum atomic E-state index is -0.477. The first-order valence-electron chi connectivity index (χ1n) is 6.39. The molecular formula is C13H24N2O2Si. The van der Waals surface area contributed by atoms with Gasteiger partial charge in [-0.1, -0.05) is 0 Å². The second-order valence-electron chi connectivity index (χ2n) is 4.73. The van der Waals surface area contributed by atoms with Crippen molar-refractivity contribution in [3.63, 3.8) is 0 Å². The van der Waals surface area contributed by atoms with Crippen LogP contribution in [0.15, 0.2) is 24.3 Å². The molecule has 102 valence electrons. The largest absolute Gasteiger partial charge is 0.495 e. The molecule has 0 saturated carbocycles. The SMILES string of the molecule is CC(CN)OC(C)[SiH2]C(C)Oc1ccc(N)cc1. The van der Waals surface area contributed by atoms with Gasteiger partial charge in [0.1, 0.15) is 15.3 Å². The number of anilines is 1. The number of benzene rings is 1. The van der Waals surface area contributed by atoms with Gasteiger partial charge in [0.05, 0.1) is 11.8 Å². The maximum Gasteiger partial charge on any atom is 0.119 e. The molecule has 1 aromatic rings. The van der Waals surface area contributed by atoms with E-state index in [9.17, 15) is 0 Å². The molecule has 0 spiro atoms. The zero-order chi connectivity index (χ0) is 13.5. The summed E-state index contributed by atoms with van der Waals surface area (Å²) < 4.78 is 11.6. The van der Waals surface area contributed by atoms with Crippen molar-refractivity contribution in [2.24, 2.45) is 5.73 Å². The van der Waals surface area contributed by atoms with Crippen LogP contribution >= 0.6 is 0 Å². The lowest BCUT2D eigenvalue weighted by atomic mass is 10.3. The van der Waals surface area contributed by atoms with Crippen LogP contribution in [-0.2, 0) is 4.74 Å². The van der Waals surface area contributed by atoms with Crippen LogP contribution in [0.2, 0.25) is 0 Å². The molecule has 0 aliphatic rings. The number of nitrogen functional groups attached to an aromatic ring is 1. The molecule has 0 saturated heterocycles. The average Bonchev–Trinajstić information content (AvgIpc) is 2.31. The second-order valence-corrected chi connectivity index (χ2v) is 7.50. The highest BCUT2D eigenvalue weighted by atomic mass is 28.2. The van der Waals surface area contributed by atoms with Gasteiger partial charge in [-0.3, -0.25) is 0 Å². The molecule has 4 N–H and O–H groups in total. The van der Waals surface area contributed by atoms with E-state index in [1.54, 1.807) is 0 Å². The van der Waals surface area contributed by atoms with Gasteiger partial charge < -0.3 is 20.9 Å². The highest BCUT2D eigenvalue weighted by Gasteiger charge is 2.13. The molecule has 0 aromatic heterocycles. The number of hydrogen-bond acceptors (Lipinski definition) is 4. The van der Waals surface area contributed by atoms with E-state index in [2.05, 4.69) is 13.8 Å². The lowest BCUT2D eigenvalue weighted by Gasteiger charge is -2.21. The summed E-state index contributed by atoms with van der Waals surface area (Å²) in [6, 6.07) is 7.49. The van der Waals surface area contributed by atoms with E-state index in [1.165, 1.54) is 0 Å². The Morgan fingerprint density at radius 3 is 2.28 bits per heavy atom. The number of hydrogen-bond donors (Lipinski definition) is 2. The fraction of sp³-hybridized carbons (Fsp3) is 0.538. The Kier molecular flexibility index (Phi) is 6.18. The van der Waals surface area contributed by atoms with Crippen LogP contribution < -0.4 is 16.2 Å². The maximum atomic E-state index is 5.85. The first-order chi connectivity index (χ1) is 8.51. The topological polar surface area (TPSA) is 70.5 Å². The van der Waals surface area contributed by atoms with Crippen molar-refractivity contribution in [2.45, 2.75) is 38.3 Å². The standard InChI is InChI=1S/C13H24N2O2Si/c1-9(8-14)16-10(2)18-11(3)17-13-6-4-12(15)5-7-13/h4-7,9-11H,8,14-15,18H2,1-3H3. The normalized spacial score (nSPS) is 16.7. The first-order valence-corrected chi connectivity index (χ1v) is 8.02. The van der Waals surface area contributed by atoms with Crippen molar-refractivity contribution in [3.05, 3.63) is 24.3 Å². The zero-order valence-corrected chi connectivity index (χ0v) is 12.8. The summed E-state index contributed by atoms with van der Waals surface area (Å²) in [5.41, 5.74) is 12.4. The van der Waals surface area contributed by atoms with Crippen LogP contribution in [0.4, 0.5) is 5.69 Å². The highest BCUT2D eigenvalue weighted by molar-refractivity contribution is 6.38. The predicted molar refractivity (Wildman–Crippen MR) is 78.6 cm³/mol. The molecule has 0 aliphatic heterocycles. The number of rotatable bonds is 7. The molecule has 4 nitrogen and oxygen atoms in total. The van der Waals surface area contributed by atoms with Crippen molar-refractivity contribution >= 4 is 15.2 Å². The molecule has 0 heterocycles. The average molecular weight is 268 g/mol. The molecule has 0 radical (unpaired) electrons. The van der Waals surface area contributed by atoms with Gasteiger partial charge in [0.25, 0.3) is 0 Å². The Bertz CT molecular complexity index is 345. The summed E-state index contributed by atoms with van der Waals surface area (Å²) in [5.74, 6) is 0.864. The van der Waals surface area contributed by atoms with Gasteiger partial charge in [-0.15, -0.1) is 0 Å². The lowest BCUT2D eigenvalue weighted by Crippen LogP contribution is -2.35. The molecule has 0 fully saturated rings. The summed E-state index contributed by atoms with van der Waals surface area (Å²) in [5, 5.41) is 0. The minimum Gasteiger partial charge on any atom is -0.495 e. The van der Waals surface area contributed by atoms with E-state index in [1.807, 2.05) is 31.2 Å². The quantitative estimate of drug-likeness (QED) is 0.569. The van der Waals surface area contributed by atoms with Gasteiger partial charge in [-0.25, -0.2) is 0 Å². The first kappa shape index (κ1) is 15.0. The molecule has 1 rings (SSSR count). The molecule has 3 unspecified atom stereocenters. The molecular weight excluding hydrogens is 244 g/mol. The molecule has 0 amide bonds. The van der Waals surface area contributed by atoms with Crippen molar-refractivity contribution < 1.29 is 9.47 Å². The van der Waals surface area contributed by atoms with Gasteiger partial charge in [-0.2, -0.15) is 0 Å². The van der Waals surface area contributed by atoms with Crippen LogP contribution in [-0.4, -0.2) is 33.6 Å². The summed E-state index contributed by atoms with van der Waals surface area (Å²) >= 11 is 0. The smallest absolute Gasteiger partial charge is 0.119 e. The van der Waals surface area contributed by atoms with E-state index in [-0.39, 0.29) is 17.6 Å². The number of nitrogens with two attached hydrogens (primary N) is 2. The van der Waals surface area contributed by atoms with Gasteiger partial charge in [-0.05, 0) is 45.0 Å². The summed E-state index contributed by atoms with van der Waals surface area (Å²) in [6.07, 6.45) is 0.122. The van der Waals surface area contributed by atoms with Crippen LogP contribution in [0.25, 0.3) is 0 Å². The second kappa shape index (κ2) is 7.40. The van der Waals surface area contributed by atoms with Crippen LogP contribution in [0.1, 0.15) is 20.8 Å². The van der Waals surface area contributed by atoms with Gasteiger partial charge in [0, 0.05) is 18.0 Å². The van der Waals surface area contributed by atoms with Crippen LogP contribution in [0.5, 0.6) is 5.75 Å². The molecule has 0 bridgehead atoms. The Morgan fingerprint density at radius 1 is 1.11 bits per heavy atom. The number of ether oxygens (including phenoxy) is 2. The van der Waals surface area contributed by atoms with Crippen molar-refractivity contribution in [1.29, 1.82) is 0 Å².